The largest absolute Gasteiger partial charge is 0.325 e. The zero-order chi connectivity index (χ0) is 12.1. The van der Waals surface area contributed by atoms with Gasteiger partial charge in [-0.2, -0.15) is 0 Å². The second-order valence-electron chi connectivity index (χ2n) is 3.57. The Kier molecular flexibility index (Phi) is 5.44. The molecule has 0 bridgehead atoms. The van der Waals surface area contributed by atoms with E-state index < -0.39 is 0 Å². The Morgan fingerprint density at radius 2 is 2.12 bits per heavy atom. The van der Waals surface area contributed by atoms with E-state index >= 15 is 0 Å². The van der Waals surface area contributed by atoms with Gasteiger partial charge in [-0.05, 0) is 41.2 Å². The summed E-state index contributed by atoms with van der Waals surface area (Å²) in [5.41, 5.74) is 0.780. The van der Waals surface area contributed by atoms with Crippen LogP contribution < -0.4 is 10.6 Å². The van der Waals surface area contributed by atoms with Crippen molar-refractivity contribution in [3.05, 3.63) is 27.1 Å². The highest BCUT2D eigenvalue weighted by molar-refractivity contribution is 9.11. The van der Waals surface area contributed by atoms with Gasteiger partial charge in [0.2, 0.25) is 5.91 Å². The van der Waals surface area contributed by atoms with Gasteiger partial charge < -0.3 is 10.6 Å². The first kappa shape index (κ1) is 13.7. The number of amides is 1. The van der Waals surface area contributed by atoms with Crippen LogP contribution in [0.5, 0.6) is 0 Å². The van der Waals surface area contributed by atoms with Crippen LogP contribution in [0.4, 0.5) is 5.69 Å². The molecule has 88 valence electrons. The lowest BCUT2D eigenvalue weighted by atomic mass is 10.1. The lowest BCUT2D eigenvalue weighted by molar-refractivity contribution is -0.119. The summed E-state index contributed by atoms with van der Waals surface area (Å²) in [5, 5.41) is 5.86. The Labute approximate surface area is 112 Å². The first-order chi connectivity index (χ1) is 7.54. The molecule has 0 aliphatic rings. The summed E-state index contributed by atoms with van der Waals surface area (Å²) in [6.07, 6.45) is 0. The van der Waals surface area contributed by atoms with E-state index in [-0.39, 0.29) is 11.8 Å². The minimum atomic E-state index is -0.0594. The average molecular weight is 350 g/mol. The Hall–Kier alpha value is -0.390. The number of benzene rings is 1. The minimum absolute atomic E-state index is 0.00755. The molecular formula is C11H14Br2N2O. The van der Waals surface area contributed by atoms with Crippen molar-refractivity contribution in [3.63, 3.8) is 0 Å². The lowest BCUT2D eigenvalue weighted by Crippen LogP contribution is -2.28. The fourth-order valence-electron chi connectivity index (χ4n) is 1.25. The number of halogens is 2. The molecule has 16 heavy (non-hydrogen) atoms. The van der Waals surface area contributed by atoms with Crippen LogP contribution in [-0.4, -0.2) is 19.5 Å². The van der Waals surface area contributed by atoms with Crippen molar-refractivity contribution in [1.82, 2.24) is 5.32 Å². The molecule has 1 unspecified atom stereocenters. The first-order valence-electron chi connectivity index (χ1n) is 4.95. The summed E-state index contributed by atoms with van der Waals surface area (Å²) in [7, 11) is 1.83. The molecule has 1 aromatic carbocycles. The Balaban J connectivity index is 2.72. The van der Waals surface area contributed by atoms with E-state index in [4.69, 9.17) is 0 Å². The van der Waals surface area contributed by atoms with Gasteiger partial charge in [0.15, 0.2) is 0 Å². The molecule has 0 fully saturated rings. The summed E-state index contributed by atoms with van der Waals surface area (Å²) >= 11 is 6.77. The number of hydrogen-bond acceptors (Lipinski definition) is 2. The van der Waals surface area contributed by atoms with Crippen LogP contribution >= 0.6 is 31.9 Å². The van der Waals surface area contributed by atoms with E-state index in [1.54, 1.807) is 0 Å². The molecule has 0 aromatic heterocycles. The van der Waals surface area contributed by atoms with Crippen LogP contribution in [0.2, 0.25) is 0 Å². The van der Waals surface area contributed by atoms with Crippen molar-refractivity contribution in [3.8, 4) is 0 Å². The molecule has 0 saturated carbocycles. The van der Waals surface area contributed by atoms with E-state index in [1.165, 1.54) is 0 Å². The molecule has 1 aromatic rings. The molecule has 3 nitrogen and oxygen atoms in total. The predicted octanol–water partition coefficient (Wildman–Crippen LogP) is 3.01. The number of hydrogen-bond donors (Lipinski definition) is 2. The monoisotopic (exact) mass is 348 g/mol. The van der Waals surface area contributed by atoms with Gasteiger partial charge in [0, 0.05) is 21.4 Å². The average Bonchev–Trinajstić information content (AvgIpc) is 2.23. The molecule has 5 heteroatoms. The van der Waals surface area contributed by atoms with Crippen molar-refractivity contribution >= 4 is 43.5 Å². The highest BCUT2D eigenvalue weighted by Crippen LogP contribution is 2.26. The maximum absolute atomic E-state index is 11.8. The van der Waals surface area contributed by atoms with Crippen LogP contribution in [0.1, 0.15) is 6.92 Å². The van der Waals surface area contributed by atoms with Crippen molar-refractivity contribution in [2.45, 2.75) is 6.92 Å². The zero-order valence-electron chi connectivity index (χ0n) is 9.18. The van der Waals surface area contributed by atoms with Crippen molar-refractivity contribution in [2.75, 3.05) is 18.9 Å². The molecule has 0 spiro atoms. The Morgan fingerprint density at radius 3 is 2.75 bits per heavy atom. The van der Waals surface area contributed by atoms with Gasteiger partial charge in [0.1, 0.15) is 0 Å². The standard InChI is InChI=1S/C11H14Br2N2O/c1-7(6-14-2)11(16)15-10-5-8(12)3-4-9(10)13/h3-5,7,14H,6H2,1-2H3,(H,15,16). The fourth-order valence-corrected chi connectivity index (χ4v) is 1.95. The Morgan fingerprint density at radius 1 is 1.44 bits per heavy atom. The van der Waals surface area contributed by atoms with E-state index in [1.807, 2.05) is 32.2 Å². The van der Waals surface area contributed by atoms with Gasteiger partial charge in [0.25, 0.3) is 0 Å². The molecular weight excluding hydrogens is 336 g/mol. The number of anilines is 1. The van der Waals surface area contributed by atoms with E-state index in [0.717, 1.165) is 14.6 Å². The molecule has 0 aliphatic carbocycles. The highest BCUT2D eigenvalue weighted by atomic mass is 79.9. The van der Waals surface area contributed by atoms with E-state index in [0.29, 0.717) is 6.54 Å². The molecule has 0 aliphatic heterocycles. The van der Waals surface area contributed by atoms with Gasteiger partial charge in [-0.15, -0.1) is 0 Å². The van der Waals surface area contributed by atoms with Gasteiger partial charge in [-0.25, -0.2) is 0 Å². The summed E-state index contributed by atoms with van der Waals surface area (Å²) in [4.78, 5) is 11.8. The second kappa shape index (κ2) is 6.37. The molecule has 2 N–H and O–H groups in total. The van der Waals surface area contributed by atoms with Gasteiger partial charge >= 0.3 is 0 Å². The summed E-state index contributed by atoms with van der Waals surface area (Å²) in [6.45, 7) is 2.55. The summed E-state index contributed by atoms with van der Waals surface area (Å²) in [6, 6.07) is 5.67. The quantitative estimate of drug-likeness (QED) is 0.877. The molecule has 1 atom stereocenters. The SMILES string of the molecule is CNCC(C)C(=O)Nc1cc(Br)ccc1Br. The third-order valence-corrected chi connectivity index (χ3v) is 3.33. The predicted molar refractivity (Wildman–Crippen MR) is 73.6 cm³/mol. The molecule has 0 saturated heterocycles. The molecule has 1 rings (SSSR count). The molecule has 1 amide bonds. The maximum atomic E-state index is 11.8. The fraction of sp³-hybridized carbons (Fsp3) is 0.364. The van der Waals surface area contributed by atoms with E-state index in [2.05, 4.69) is 42.5 Å². The van der Waals surface area contributed by atoms with Crippen LogP contribution in [0, 0.1) is 5.92 Å². The van der Waals surface area contributed by atoms with Gasteiger partial charge in [0.05, 0.1) is 5.69 Å². The smallest absolute Gasteiger partial charge is 0.228 e. The van der Waals surface area contributed by atoms with Crippen LogP contribution in [0.15, 0.2) is 27.1 Å². The second-order valence-corrected chi connectivity index (χ2v) is 5.34. The number of carbonyl (C=O) groups excluding carboxylic acids is 1. The lowest BCUT2D eigenvalue weighted by Gasteiger charge is -2.12. The maximum Gasteiger partial charge on any atom is 0.228 e. The van der Waals surface area contributed by atoms with Crippen LogP contribution in [0.25, 0.3) is 0 Å². The summed E-state index contributed by atoms with van der Waals surface area (Å²) in [5.74, 6) is -0.0518. The molecule has 0 heterocycles. The third kappa shape index (κ3) is 3.88. The van der Waals surface area contributed by atoms with Crippen LogP contribution in [-0.2, 0) is 4.79 Å². The summed E-state index contributed by atoms with van der Waals surface area (Å²) < 4.78 is 1.81. The molecule has 0 radical (unpaired) electrons. The minimum Gasteiger partial charge on any atom is -0.325 e. The number of carbonyl (C=O) groups is 1. The highest BCUT2D eigenvalue weighted by Gasteiger charge is 2.13. The van der Waals surface area contributed by atoms with Crippen molar-refractivity contribution < 1.29 is 4.79 Å². The van der Waals surface area contributed by atoms with Crippen LogP contribution in [0.3, 0.4) is 0 Å². The van der Waals surface area contributed by atoms with Gasteiger partial charge in [-0.1, -0.05) is 22.9 Å². The van der Waals surface area contributed by atoms with E-state index in [9.17, 15) is 4.79 Å². The first-order valence-corrected chi connectivity index (χ1v) is 6.53. The number of rotatable bonds is 4. The van der Waals surface area contributed by atoms with Gasteiger partial charge in [-0.3, -0.25) is 4.79 Å². The van der Waals surface area contributed by atoms with Crippen molar-refractivity contribution in [1.29, 1.82) is 0 Å². The topological polar surface area (TPSA) is 41.1 Å². The zero-order valence-corrected chi connectivity index (χ0v) is 12.4. The number of nitrogens with one attached hydrogen (secondary N) is 2. The third-order valence-electron chi connectivity index (χ3n) is 2.14. The Bertz CT molecular complexity index is 382. The van der Waals surface area contributed by atoms with Crippen molar-refractivity contribution in [2.24, 2.45) is 5.92 Å². The normalized spacial score (nSPS) is 12.2.